The Morgan fingerprint density at radius 3 is 2.51 bits per heavy atom. The van der Waals surface area contributed by atoms with Gasteiger partial charge in [0.15, 0.2) is 0 Å². The fraction of sp³-hybridized carbons (Fsp3) is 0.267. The van der Waals surface area contributed by atoms with Crippen LogP contribution in [0.1, 0.15) is 32.8 Å². The molecule has 39 heavy (non-hydrogen) atoms. The molecule has 8 nitrogen and oxygen atoms in total. The van der Waals surface area contributed by atoms with Crippen LogP contribution in [-0.4, -0.2) is 52.9 Å². The van der Waals surface area contributed by atoms with Crippen molar-refractivity contribution in [2.24, 2.45) is 0 Å². The highest BCUT2D eigenvalue weighted by molar-refractivity contribution is 9.10. The summed E-state index contributed by atoms with van der Waals surface area (Å²) in [5.41, 5.74) is 3.51. The molecular formula is C30H29BrN4O4. The van der Waals surface area contributed by atoms with Crippen LogP contribution in [-0.2, 0) is 14.3 Å². The summed E-state index contributed by atoms with van der Waals surface area (Å²) in [5, 5.41) is 14.6. The maximum atomic E-state index is 13.6. The van der Waals surface area contributed by atoms with Gasteiger partial charge in [-0.25, -0.2) is 4.68 Å². The summed E-state index contributed by atoms with van der Waals surface area (Å²) in [6.45, 7) is 6.03. The van der Waals surface area contributed by atoms with Crippen molar-refractivity contribution in [1.82, 2.24) is 14.7 Å². The Hall–Kier alpha value is -4.00. The second-order valence-electron chi connectivity index (χ2n) is 9.27. The zero-order chi connectivity index (χ0) is 28.1. The Morgan fingerprint density at radius 1 is 1.13 bits per heavy atom. The van der Waals surface area contributed by atoms with E-state index in [1.165, 1.54) is 0 Å². The summed E-state index contributed by atoms with van der Waals surface area (Å²) in [6, 6.07) is 17.2. The lowest BCUT2D eigenvalue weighted by Gasteiger charge is -2.27. The van der Waals surface area contributed by atoms with E-state index in [2.05, 4.69) is 15.9 Å². The van der Waals surface area contributed by atoms with E-state index in [1.807, 2.05) is 74.6 Å². The van der Waals surface area contributed by atoms with Crippen molar-refractivity contribution < 1.29 is 19.1 Å². The average molecular weight is 589 g/mol. The first-order chi connectivity index (χ1) is 18.7. The van der Waals surface area contributed by atoms with Gasteiger partial charge in [0.2, 0.25) is 0 Å². The van der Waals surface area contributed by atoms with E-state index in [9.17, 15) is 14.9 Å². The van der Waals surface area contributed by atoms with Gasteiger partial charge < -0.3 is 9.47 Å². The summed E-state index contributed by atoms with van der Waals surface area (Å²) in [6.07, 6.45) is 4.05. The Morgan fingerprint density at radius 2 is 1.87 bits per heavy atom. The third-order valence-electron chi connectivity index (χ3n) is 6.29. The Kier molecular flexibility index (Phi) is 8.79. The molecule has 0 radical (unpaired) electrons. The first-order valence-corrected chi connectivity index (χ1v) is 13.3. The minimum atomic E-state index is -0.582. The summed E-state index contributed by atoms with van der Waals surface area (Å²) in [5.74, 6) is -0.354. The second kappa shape index (κ2) is 12.2. The number of hydrogen-bond acceptors (Lipinski definition) is 6. The molecule has 3 aromatic rings. The lowest BCUT2D eigenvalue weighted by molar-refractivity contribution is -0.140. The highest BCUT2D eigenvalue weighted by Gasteiger charge is 2.35. The van der Waals surface area contributed by atoms with Crippen molar-refractivity contribution in [2.75, 3.05) is 20.3 Å². The summed E-state index contributed by atoms with van der Waals surface area (Å²) in [7, 11) is 1.60. The van der Waals surface area contributed by atoms with Gasteiger partial charge in [0.05, 0.1) is 23.4 Å². The molecule has 200 valence electrons. The fourth-order valence-electron chi connectivity index (χ4n) is 4.27. The average Bonchev–Trinajstić information content (AvgIpc) is 3.35. The van der Waals surface area contributed by atoms with Crippen LogP contribution in [0, 0.1) is 11.3 Å². The smallest absolute Gasteiger partial charge is 0.271 e. The van der Waals surface area contributed by atoms with Crippen LogP contribution < -0.4 is 4.74 Å². The monoisotopic (exact) mass is 588 g/mol. The molecule has 0 N–H and O–H groups in total. The lowest BCUT2D eigenvalue weighted by atomic mass is 9.93. The Bertz CT molecular complexity index is 1500. The van der Waals surface area contributed by atoms with Gasteiger partial charge in [-0.05, 0) is 85.1 Å². The molecule has 0 atom stereocenters. The number of hydrogen-bond donors (Lipinski definition) is 0. The van der Waals surface area contributed by atoms with E-state index in [-0.39, 0.29) is 23.8 Å². The van der Waals surface area contributed by atoms with Crippen molar-refractivity contribution in [2.45, 2.75) is 33.3 Å². The molecule has 2 aromatic carbocycles. The highest BCUT2D eigenvalue weighted by atomic mass is 79.9. The molecule has 0 saturated heterocycles. The van der Waals surface area contributed by atoms with E-state index in [0.29, 0.717) is 35.6 Å². The van der Waals surface area contributed by atoms with Crippen LogP contribution in [0.15, 0.2) is 75.9 Å². The molecule has 0 bridgehead atoms. The van der Waals surface area contributed by atoms with Gasteiger partial charge in [-0.15, -0.1) is 0 Å². The molecule has 0 unspecified atom stereocenters. The summed E-state index contributed by atoms with van der Waals surface area (Å²) < 4.78 is 13.4. The van der Waals surface area contributed by atoms with E-state index in [4.69, 9.17) is 14.6 Å². The number of nitriles is 1. The van der Waals surface area contributed by atoms with Gasteiger partial charge in [-0.1, -0.05) is 18.2 Å². The van der Waals surface area contributed by atoms with E-state index < -0.39 is 11.8 Å². The molecule has 4 rings (SSSR count). The number of nitrogens with zero attached hydrogens (tertiary/aromatic N) is 4. The molecule has 2 amide bonds. The first kappa shape index (κ1) is 28.0. The largest absolute Gasteiger partial charge is 0.496 e. The Balaban J connectivity index is 1.82. The molecule has 9 heteroatoms. The van der Waals surface area contributed by atoms with Gasteiger partial charge in [0.25, 0.3) is 11.8 Å². The van der Waals surface area contributed by atoms with E-state index in [1.54, 1.807) is 24.8 Å². The number of carbonyl (C=O) groups is 2. The number of carbonyl (C=O) groups excluding carboxylic acids is 2. The van der Waals surface area contributed by atoms with Gasteiger partial charge in [0, 0.05) is 36.0 Å². The highest BCUT2D eigenvalue weighted by Crippen LogP contribution is 2.34. The van der Waals surface area contributed by atoms with Crippen molar-refractivity contribution in [1.29, 1.82) is 5.26 Å². The number of amides is 2. The standard InChI is InChI=1S/C30H29BrN4O4/c1-19(2)39-14-8-13-34-29(36)24(20(3)25(17-32)30(34)37)15-22-18-35(23-9-6-5-7-10-23)33-28(22)21-11-12-27(38-4)26(31)16-21/h5-7,9-12,15-16,18-19H,8,13-14H2,1-4H3/b24-15+. The summed E-state index contributed by atoms with van der Waals surface area (Å²) >= 11 is 3.54. The van der Waals surface area contributed by atoms with Gasteiger partial charge in [-0.3, -0.25) is 14.5 Å². The zero-order valence-corrected chi connectivity index (χ0v) is 23.9. The van der Waals surface area contributed by atoms with Gasteiger partial charge in [-0.2, -0.15) is 10.4 Å². The van der Waals surface area contributed by atoms with Crippen LogP contribution in [0.4, 0.5) is 0 Å². The van der Waals surface area contributed by atoms with Crippen LogP contribution in [0.5, 0.6) is 5.75 Å². The number of halogens is 1. The van der Waals surface area contributed by atoms with Crippen LogP contribution in [0.3, 0.4) is 0 Å². The van der Waals surface area contributed by atoms with Gasteiger partial charge >= 0.3 is 0 Å². The maximum Gasteiger partial charge on any atom is 0.271 e. The predicted octanol–water partition coefficient (Wildman–Crippen LogP) is 5.72. The minimum absolute atomic E-state index is 0.0441. The zero-order valence-electron chi connectivity index (χ0n) is 22.3. The minimum Gasteiger partial charge on any atom is -0.496 e. The van der Waals surface area contributed by atoms with Crippen molar-refractivity contribution >= 4 is 33.8 Å². The van der Waals surface area contributed by atoms with E-state index >= 15 is 0 Å². The number of para-hydroxylation sites is 1. The number of methoxy groups -OCH3 is 1. The van der Waals surface area contributed by atoms with Crippen molar-refractivity contribution in [3.05, 3.63) is 81.5 Å². The maximum absolute atomic E-state index is 13.6. The SMILES string of the molecule is COc1ccc(-c2nn(-c3ccccc3)cc2/C=C2/C(=O)N(CCCOC(C)C)C(=O)C(C#N)=C2C)cc1Br. The number of ether oxygens (including phenoxy) is 2. The van der Waals surface area contributed by atoms with Crippen LogP contribution >= 0.6 is 15.9 Å². The fourth-order valence-corrected chi connectivity index (χ4v) is 4.81. The number of benzene rings is 2. The molecule has 0 spiro atoms. The number of aromatic nitrogens is 2. The topological polar surface area (TPSA) is 97.4 Å². The molecule has 0 saturated carbocycles. The molecular weight excluding hydrogens is 560 g/mol. The van der Waals surface area contributed by atoms with Crippen molar-refractivity contribution in [3.63, 3.8) is 0 Å². The number of rotatable bonds is 9. The lowest BCUT2D eigenvalue weighted by Crippen LogP contribution is -2.43. The summed E-state index contributed by atoms with van der Waals surface area (Å²) in [4.78, 5) is 27.7. The van der Waals surface area contributed by atoms with E-state index in [0.717, 1.165) is 20.6 Å². The molecule has 2 heterocycles. The third-order valence-corrected chi connectivity index (χ3v) is 6.91. The van der Waals surface area contributed by atoms with Gasteiger partial charge in [0.1, 0.15) is 23.1 Å². The quantitative estimate of drug-likeness (QED) is 0.180. The number of imide groups is 1. The normalized spacial score (nSPS) is 14.9. The molecule has 1 aliphatic rings. The third kappa shape index (κ3) is 6.03. The Labute approximate surface area is 236 Å². The van der Waals surface area contributed by atoms with Crippen molar-refractivity contribution in [3.8, 4) is 28.8 Å². The van der Waals surface area contributed by atoms with Crippen LogP contribution in [0.2, 0.25) is 0 Å². The second-order valence-corrected chi connectivity index (χ2v) is 10.1. The molecule has 1 aromatic heterocycles. The molecule has 0 aliphatic carbocycles. The molecule has 1 aliphatic heterocycles. The van der Waals surface area contributed by atoms with Crippen LogP contribution in [0.25, 0.3) is 23.0 Å². The predicted molar refractivity (Wildman–Crippen MR) is 152 cm³/mol. The first-order valence-electron chi connectivity index (χ1n) is 12.5. The molecule has 0 fully saturated rings.